The van der Waals surface area contributed by atoms with Gasteiger partial charge in [0.25, 0.3) is 0 Å². The smallest absolute Gasteiger partial charge is 0.322 e. The fourth-order valence-corrected chi connectivity index (χ4v) is 5.14. The normalized spacial score (nSPS) is 14.6. The topological polar surface area (TPSA) is 80.3 Å². The van der Waals surface area contributed by atoms with Gasteiger partial charge in [-0.2, -0.15) is 0 Å². The average molecular weight is 538 g/mol. The van der Waals surface area contributed by atoms with Gasteiger partial charge in [-0.3, -0.25) is 4.79 Å². The summed E-state index contributed by atoms with van der Waals surface area (Å²) in [6.45, 7) is 2.00. The summed E-state index contributed by atoms with van der Waals surface area (Å²) in [5.41, 5.74) is 1.72. The van der Waals surface area contributed by atoms with E-state index in [1.165, 1.54) is 0 Å². The Morgan fingerprint density at radius 1 is 1.03 bits per heavy atom. The van der Waals surface area contributed by atoms with Crippen molar-refractivity contribution >= 4 is 29.0 Å². The minimum Gasteiger partial charge on any atom is -0.493 e. The molecule has 1 aliphatic rings. The second-order valence-electron chi connectivity index (χ2n) is 9.15. The van der Waals surface area contributed by atoms with Crippen molar-refractivity contribution in [2.75, 3.05) is 45.8 Å². The van der Waals surface area contributed by atoms with Crippen LogP contribution in [0, 0.1) is 0 Å². The number of hydrogen-bond donors (Lipinski definition) is 1. The maximum absolute atomic E-state index is 13.7. The number of hydrogen-bond acceptors (Lipinski definition) is 6. The molecule has 1 atom stereocenters. The van der Waals surface area contributed by atoms with Crippen LogP contribution in [0.2, 0.25) is 0 Å². The molecule has 9 heteroatoms. The monoisotopic (exact) mass is 537 g/mol. The third kappa shape index (κ3) is 7.72. The summed E-state index contributed by atoms with van der Waals surface area (Å²) in [5.74, 6) is 1.21. The number of carbonyl (C=O) groups excluding carboxylic acids is 2. The number of ether oxygens (including phenoxy) is 3. The Morgan fingerprint density at radius 2 is 1.84 bits per heavy atom. The molecule has 3 aromatic rings. The van der Waals surface area contributed by atoms with Gasteiger partial charge >= 0.3 is 6.03 Å². The van der Waals surface area contributed by atoms with E-state index in [1.807, 2.05) is 70.9 Å². The molecular formula is C29H35N3O5S. The number of para-hydroxylation sites is 1. The number of benzene rings is 2. The molecule has 2 aromatic carbocycles. The lowest BCUT2D eigenvalue weighted by Crippen LogP contribution is -2.47. The maximum atomic E-state index is 13.7. The third-order valence-electron chi connectivity index (χ3n) is 6.48. The number of anilines is 1. The van der Waals surface area contributed by atoms with E-state index in [0.29, 0.717) is 49.8 Å². The molecule has 3 amide bonds. The first kappa shape index (κ1) is 27.5. The van der Waals surface area contributed by atoms with E-state index in [0.717, 1.165) is 23.3 Å². The molecular weight excluding hydrogens is 502 g/mol. The molecule has 8 nitrogen and oxygen atoms in total. The Morgan fingerprint density at radius 3 is 2.53 bits per heavy atom. The summed E-state index contributed by atoms with van der Waals surface area (Å²) >= 11 is 1.61. The van der Waals surface area contributed by atoms with Gasteiger partial charge in [-0.05, 0) is 60.5 Å². The Hall–Kier alpha value is -3.56. The van der Waals surface area contributed by atoms with Gasteiger partial charge in [0.05, 0.1) is 26.9 Å². The van der Waals surface area contributed by atoms with Gasteiger partial charge in [-0.25, -0.2) is 4.79 Å². The van der Waals surface area contributed by atoms with Gasteiger partial charge in [-0.15, -0.1) is 11.3 Å². The summed E-state index contributed by atoms with van der Waals surface area (Å²) in [5, 5.41) is 4.93. The van der Waals surface area contributed by atoms with Crippen molar-refractivity contribution in [3.8, 4) is 11.5 Å². The Balaban J connectivity index is 1.48. The first-order valence-corrected chi connectivity index (χ1v) is 13.7. The van der Waals surface area contributed by atoms with Gasteiger partial charge in [0, 0.05) is 30.3 Å². The number of rotatable bonds is 12. The van der Waals surface area contributed by atoms with Crippen molar-refractivity contribution in [3.05, 3.63) is 76.5 Å². The van der Waals surface area contributed by atoms with Gasteiger partial charge in [-0.1, -0.05) is 30.3 Å². The maximum Gasteiger partial charge on any atom is 0.322 e. The van der Waals surface area contributed by atoms with Crippen LogP contribution in [0.3, 0.4) is 0 Å². The van der Waals surface area contributed by atoms with Crippen molar-refractivity contribution in [3.63, 3.8) is 0 Å². The SMILES string of the molecule is COc1ccc(CCN(Cc2cccs2)C(=O)CN(CC2CCCO2)C(=O)Nc2ccccc2)cc1OC. The number of methoxy groups -OCH3 is 2. The fraction of sp³-hybridized carbons (Fsp3) is 0.379. The highest BCUT2D eigenvalue weighted by atomic mass is 32.1. The highest BCUT2D eigenvalue weighted by molar-refractivity contribution is 7.09. The second-order valence-corrected chi connectivity index (χ2v) is 10.2. The quantitative estimate of drug-likeness (QED) is 0.350. The number of carbonyl (C=O) groups is 2. The van der Waals surface area contributed by atoms with Crippen LogP contribution < -0.4 is 14.8 Å². The van der Waals surface area contributed by atoms with E-state index in [9.17, 15) is 9.59 Å². The highest BCUT2D eigenvalue weighted by Crippen LogP contribution is 2.28. The zero-order chi connectivity index (χ0) is 26.7. The van der Waals surface area contributed by atoms with E-state index in [2.05, 4.69) is 5.32 Å². The van der Waals surface area contributed by atoms with E-state index >= 15 is 0 Å². The third-order valence-corrected chi connectivity index (χ3v) is 7.35. The molecule has 0 radical (unpaired) electrons. The lowest BCUT2D eigenvalue weighted by Gasteiger charge is -2.29. The predicted octanol–water partition coefficient (Wildman–Crippen LogP) is 5.05. The van der Waals surface area contributed by atoms with Crippen LogP contribution in [0.4, 0.5) is 10.5 Å². The lowest BCUT2D eigenvalue weighted by atomic mass is 10.1. The second kappa shape index (κ2) is 13.8. The molecule has 2 heterocycles. The number of urea groups is 1. The molecule has 38 heavy (non-hydrogen) atoms. The predicted molar refractivity (Wildman–Crippen MR) is 149 cm³/mol. The van der Waals surface area contributed by atoms with Crippen LogP contribution in [-0.4, -0.2) is 68.3 Å². The molecule has 1 aliphatic heterocycles. The molecule has 0 saturated carbocycles. The molecule has 202 valence electrons. The molecule has 4 rings (SSSR count). The van der Waals surface area contributed by atoms with Crippen LogP contribution in [0.5, 0.6) is 11.5 Å². The molecule has 1 aromatic heterocycles. The van der Waals surface area contributed by atoms with Gasteiger partial charge in [0.1, 0.15) is 6.54 Å². The van der Waals surface area contributed by atoms with Crippen LogP contribution in [0.25, 0.3) is 0 Å². The summed E-state index contributed by atoms with van der Waals surface area (Å²) in [6, 6.07) is 18.8. The average Bonchev–Trinajstić information content (AvgIpc) is 3.65. The van der Waals surface area contributed by atoms with Crippen LogP contribution >= 0.6 is 11.3 Å². The van der Waals surface area contributed by atoms with Crippen molar-refractivity contribution < 1.29 is 23.8 Å². The summed E-state index contributed by atoms with van der Waals surface area (Å²) in [7, 11) is 3.21. The highest BCUT2D eigenvalue weighted by Gasteiger charge is 2.26. The van der Waals surface area contributed by atoms with Crippen LogP contribution in [0.15, 0.2) is 66.0 Å². The van der Waals surface area contributed by atoms with Crippen LogP contribution in [-0.2, 0) is 22.5 Å². The zero-order valence-electron chi connectivity index (χ0n) is 21.9. The van der Waals surface area contributed by atoms with E-state index < -0.39 is 0 Å². The summed E-state index contributed by atoms with van der Waals surface area (Å²) < 4.78 is 16.6. The minimum absolute atomic E-state index is 0.0319. The van der Waals surface area contributed by atoms with Gasteiger partial charge in [0.2, 0.25) is 5.91 Å². The van der Waals surface area contributed by atoms with E-state index in [-0.39, 0.29) is 24.6 Å². The number of nitrogens with zero attached hydrogens (tertiary/aromatic N) is 2. The van der Waals surface area contributed by atoms with Crippen molar-refractivity contribution in [2.45, 2.75) is 31.9 Å². The van der Waals surface area contributed by atoms with Crippen molar-refractivity contribution in [1.82, 2.24) is 9.80 Å². The number of amides is 3. The van der Waals surface area contributed by atoms with E-state index in [4.69, 9.17) is 14.2 Å². The zero-order valence-corrected chi connectivity index (χ0v) is 22.7. The number of thiophene rings is 1. The Bertz CT molecular complexity index is 1170. The Labute approximate surface area is 228 Å². The number of nitrogens with one attached hydrogen (secondary N) is 1. The van der Waals surface area contributed by atoms with Crippen LogP contribution in [0.1, 0.15) is 23.3 Å². The Kier molecular flexibility index (Phi) is 10.0. The minimum atomic E-state index is -0.309. The summed E-state index contributed by atoms with van der Waals surface area (Å²) in [4.78, 5) is 31.4. The van der Waals surface area contributed by atoms with Crippen molar-refractivity contribution in [1.29, 1.82) is 0 Å². The van der Waals surface area contributed by atoms with Crippen molar-refractivity contribution in [2.24, 2.45) is 0 Å². The first-order valence-electron chi connectivity index (χ1n) is 12.8. The molecule has 0 spiro atoms. The fourth-order valence-electron chi connectivity index (χ4n) is 4.42. The molecule has 0 bridgehead atoms. The van der Waals surface area contributed by atoms with Gasteiger partial charge in [0.15, 0.2) is 11.5 Å². The van der Waals surface area contributed by atoms with Gasteiger partial charge < -0.3 is 29.3 Å². The lowest BCUT2D eigenvalue weighted by molar-refractivity contribution is -0.132. The summed E-state index contributed by atoms with van der Waals surface area (Å²) in [6.07, 6.45) is 2.41. The molecule has 1 unspecified atom stereocenters. The largest absolute Gasteiger partial charge is 0.493 e. The molecule has 1 fully saturated rings. The molecule has 1 N–H and O–H groups in total. The first-order chi connectivity index (χ1) is 18.6. The van der Waals surface area contributed by atoms with E-state index in [1.54, 1.807) is 30.5 Å². The molecule has 1 saturated heterocycles. The standard InChI is InChI=1S/C29H35N3O5S/c1-35-26-13-12-22(18-27(26)36-2)14-15-31(20-25-11-7-17-38-25)28(33)21-32(19-24-10-6-16-37-24)29(34)30-23-8-4-3-5-9-23/h3-5,7-9,11-13,17-18,24H,6,10,14-16,19-21H2,1-2H3,(H,30,34). The molecule has 0 aliphatic carbocycles.